The number of hydrogen-bond acceptors (Lipinski definition) is 4. The van der Waals surface area contributed by atoms with Crippen molar-refractivity contribution in [3.63, 3.8) is 0 Å². The molecule has 230 valence electrons. The second-order valence-corrected chi connectivity index (χ2v) is 13.1. The number of rotatable bonds is 12. The summed E-state index contributed by atoms with van der Waals surface area (Å²) in [5, 5.41) is 3.50. The van der Waals surface area contributed by atoms with E-state index in [-0.39, 0.29) is 23.8 Å². The molecule has 10 heteroatoms. The summed E-state index contributed by atoms with van der Waals surface area (Å²) >= 11 is 13.1. The van der Waals surface area contributed by atoms with E-state index in [0.717, 1.165) is 15.4 Å². The van der Waals surface area contributed by atoms with Crippen molar-refractivity contribution in [2.45, 2.75) is 44.7 Å². The van der Waals surface area contributed by atoms with Gasteiger partial charge in [0.05, 0.1) is 10.6 Å². The topological polar surface area (TPSA) is 86.8 Å². The number of nitrogens with one attached hydrogen (secondary N) is 1. The molecule has 4 rings (SSSR count). The van der Waals surface area contributed by atoms with Crippen molar-refractivity contribution in [2.75, 3.05) is 17.4 Å². The van der Waals surface area contributed by atoms with Gasteiger partial charge in [-0.05, 0) is 67.8 Å². The van der Waals surface area contributed by atoms with Crippen molar-refractivity contribution in [1.29, 1.82) is 0 Å². The highest BCUT2D eigenvalue weighted by Crippen LogP contribution is 2.30. The van der Waals surface area contributed by atoms with E-state index in [9.17, 15) is 18.0 Å². The Hall–Kier alpha value is -3.85. The van der Waals surface area contributed by atoms with Gasteiger partial charge in [-0.15, -0.1) is 0 Å². The van der Waals surface area contributed by atoms with E-state index in [4.69, 9.17) is 23.2 Å². The van der Waals surface area contributed by atoms with Crippen molar-refractivity contribution < 1.29 is 18.0 Å². The van der Waals surface area contributed by atoms with Crippen molar-refractivity contribution in [3.05, 3.63) is 129 Å². The molecular weight excluding hydrogens is 617 g/mol. The number of nitrogens with zero attached hydrogens (tertiary/aromatic N) is 2. The van der Waals surface area contributed by atoms with Gasteiger partial charge in [-0.1, -0.05) is 89.9 Å². The Morgan fingerprint density at radius 1 is 0.841 bits per heavy atom. The smallest absolute Gasteiger partial charge is 0.264 e. The van der Waals surface area contributed by atoms with Gasteiger partial charge >= 0.3 is 0 Å². The van der Waals surface area contributed by atoms with Crippen LogP contribution >= 0.6 is 23.2 Å². The normalized spacial score (nSPS) is 11.9. The highest BCUT2D eigenvalue weighted by atomic mass is 35.5. The van der Waals surface area contributed by atoms with Crippen LogP contribution < -0.4 is 9.62 Å². The van der Waals surface area contributed by atoms with Crippen LogP contribution in [0.5, 0.6) is 0 Å². The summed E-state index contributed by atoms with van der Waals surface area (Å²) in [5.74, 6) is -0.967. The minimum absolute atomic E-state index is 0.0407. The Kier molecular flexibility index (Phi) is 11.1. The lowest BCUT2D eigenvalue weighted by Gasteiger charge is -2.34. The molecule has 0 heterocycles. The molecule has 0 radical (unpaired) electrons. The van der Waals surface area contributed by atoms with Gasteiger partial charge < -0.3 is 10.2 Å². The van der Waals surface area contributed by atoms with Crippen LogP contribution in [0.2, 0.25) is 10.0 Å². The number of carbonyl (C=O) groups excluding carboxylic acids is 2. The molecule has 0 aromatic heterocycles. The van der Waals surface area contributed by atoms with E-state index in [2.05, 4.69) is 5.32 Å². The van der Waals surface area contributed by atoms with Crippen molar-refractivity contribution >= 4 is 50.7 Å². The number of halogens is 2. The van der Waals surface area contributed by atoms with E-state index in [1.807, 2.05) is 49.4 Å². The minimum Gasteiger partial charge on any atom is -0.355 e. The molecule has 4 aromatic rings. The third-order valence-corrected chi connectivity index (χ3v) is 9.74. The molecule has 0 spiro atoms. The zero-order chi connectivity index (χ0) is 31.9. The lowest BCUT2D eigenvalue weighted by molar-refractivity contribution is -0.140. The Balaban J connectivity index is 1.85. The summed E-state index contributed by atoms with van der Waals surface area (Å²) < 4.78 is 29.4. The Bertz CT molecular complexity index is 1700. The number of aryl methyl sites for hydroxylation is 2. The third-order valence-electron chi connectivity index (χ3n) is 7.26. The molecule has 1 atom stereocenters. The maximum absolute atomic E-state index is 14.5. The third kappa shape index (κ3) is 7.80. The van der Waals surface area contributed by atoms with Crippen molar-refractivity contribution in [3.8, 4) is 0 Å². The summed E-state index contributed by atoms with van der Waals surface area (Å²) in [6.45, 7) is 5.11. The molecule has 0 aliphatic rings. The summed E-state index contributed by atoms with van der Waals surface area (Å²) in [5.41, 5.74) is 3.16. The van der Waals surface area contributed by atoms with Gasteiger partial charge in [-0.25, -0.2) is 8.42 Å². The maximum atomic E-state index is 14.5. The maximum Gasteiger partial charge on any atom is 0.264 e. The standard InChI is InChI=1S/C34H35Cl2N3O4S/c1-4-37-34(41)32(21-26-12-7-5-8-13-26)38(22-28-29(35)16-11-17-30(28)36)33(40)23-39(31-20-24(2)18-19-25(31)3)44(42,43)27-14-9-6-10-15-27/h5-20,32H,4,21-23H2,1-3H3,(H,37,41). The lowest BCUT2D eigenvalue weighted by atomic mass is 10.0. The van der Waals surface area contributed by atoms with E-state index < -0.39 is 28.5 Å². The second-order valence-electron chi connectivity index (χ2n) is 10.4. The van der Waals surface area contributed by atoms with Crippen LogP contribution in [-0.4, -0.2) is 44.3 Å². The summed E-state index contributed by atoms with van der Waals surface area (Å²) in [4.78, 5) is 29.6. The second kappa shape index (κ2) is 14.8. The summed E-state index contributed by atoms with van der Waals surface area (Å²) in [6.07, 6.45) is 0.190. The SMILES string of the molecule is CCNC(=O)C(Cc1ccccc1)N(Cc1c(Cl)cccc1Cl)C(=O)CN(c1cc(C)ccc1C)S(=O)(=O)c1ccccc1. The Morgan fingerprint density at radius 2 is 1.45 bits per heavy atom. The van der Waals surface area contributed by atoms with Gasteiger partial charge in [-0.2, -0.15) is 0 Å². The predicted octanol–water partition coefficient (Wildman–Crippen LogP) is 6.58. The number of likely N-dealkylation sites (N-methyl/N-ethyl adjacent to an activating group) is 1. The Labute approximate surface area is 269 Å². The average molecular weight is 653 g/mol. The molecule has 0 aliphatic heterocycles. The Morgan fingerprint density at radius 3 is 2.07 bits per heavy atom. The largest absolute Gasteiger partial charge is 0.355 e. The van der Waals surface area contributed by atoms with Crippen LogP contribution in [0.1, 0.15) is 29.2 Å². The fraction of sp³-hybridized carbons (Fsp3) is 0.235. The highest BCUT2D eigenvalue weighted by molar-refractivity contribution is 7.92. The van der Waals surface area contributed by atoms with Crippen molar-refractivity contribution in [2.24, 2.45) is 0 Å². The molecule has 0 fully saturated rings. The van der Waals surface area contributed by atoms with Crippen LogP contribution in [-0.2, 0) is 32.6 Å². The number of carbonyl (C=O) groups is 2. The van der Waals surface area contributed by atoms with Gasteiger partial charge in [-0.3, -0.25) is 13.9 Å². The average Bonchev–Trinajstić information content (AvgIpc) is 3.01. The molecule has 0 saturated carbocycles. The molecule has 7 nitrogen and oxygen atoms in total. The molecule has 4 aromatic carbocycles. The van der Waals surface area contributed by atoms with Gasteiger partial charge in [0.15, 0.2) is 0 Å². The predicted molar refractivity (Wildman–Crippen MR) is 177 cm³/mol. The summed E-state index contributed by atoms with van der Waals surface area (Å²) in [6, 6.07) is 26.8. The molecule has 2 amide bonds. The number of sulfonamides is 1. The van der Waals surface area contributed by atoms with E-state index in [1.54, 1.807) is 56.3 Å². The molecule has 0 aliphatic carbocycles. The van der Waals surface area contributed by atoms with Gasteiger partial charge in [0.25, 0.3) is 10.0 Å². The quantitative estimate of drug-likeness (QED) is 0.187. The van der Waals surface area contributed by atoms with Crippen molar-refractivity contribution in [1.82, 2.24) is 10.2 Å². The van der Waals surface area contributed by atoms with Crippen LogP contribution in [0.4, 0.5) is 5.69 Å². The van der Waals surface area contributed by atoms with Crippen LogP contribution in [0.25, 0.3) is 0 Å². The van der Waals surface area contributed by atoms with Crippen LogP contribution in [0.3, 0.4) is 0 Å². The molecule has 44 heavy (non-hydrogen) atoms. The van der Waals surface area contributed by atoms with Crippen LogP contribution in [0, 0.1) is 13.8 Å². The number of amides is 2. The van der Waals surface area contributed by atoms with E-state index >= 15 is 0 Å². The highest BCUT2D eigenvalue weighted by Gasteiger charge is 2.35. The first-order valence-corrected chi connectivity index (χ1v) is 16.4. The molecular formula is C34H35Cl2N3O4S. The zero-order valence-electron chi connectivity index (χ0n) is 24.8. The monoisotopic (exact) mass is 651 g/mol. The van der Waals surface area contributed by atoms with Crippen LogP contribution in [0.15, 0.2) is 102 Å². The van der Waals surface area contributed by atoms with Gasteiger partial charge in [0, 0.05) is 35.1 Å². The van der Waals surface area contributed by atoms with E-state index in [1.165, 1.54) is 17.0 Å². The van der Waals surface area contributed by atoms with E-state index in [0.29, 0.717) is 33.4 Å². The molecule has 1 N–H and O–H groups in total. The van der Waals surface area contributed by atoms with Gasteiger partial charge in [0.2, 0.25) is 11.8 Å². The first-order chi connectivity index (χ1) is 21.0. The number of hydrogen-bond donors (Lipinski definition) is 1. The fourth-order valence-corrected chi connectivity index (χ4v) is 6.93. The minimum atomic E-state index is -4.19. The van der Waals surface area contributed by atoms with Gasteiger partial charge in [0.1, 0.15) is 12.6 Å². The zero-order valence-corrected chi connectivity index (χ0v) is 27.2. The number of anilines is 1. The first kappa shape index (κ1) is 33.1. The number of benzene rings is 4. The molecule has 0 saturated heterocycles. The molecule has 1 unspecified atom stereocenters. The summed E-state index contributed by atoms with van der Waals surface area (Å²) in [7, 11) is -4.19. The molecule has 0 bridgehead atoms. The lowest BCUT2D eigenvalue weighted by Crippen LogP contribution is -2.53. The first-order valence-electron chi connectivity index (χ1n) is 14.2. The fourth-order valence-electron chi connectivity index (χ4n) is 4.92.